The van der Waals surface area contributed by atoms with Crippen molar-refractivity contribution in [3.8, 4) is 0 Å². The van der Waals surface area contributed by atoms with Gasteiger partial charge in [-0.2, -0.15) is 0 Å². The molecule has 1 rings (SSSR count). The van der Waals surface area contributed by atoms with Crippen molar-refractivity contribution in [3.05, 3.63) is 17.5 Å². The largest absolute Gasteiger partial charge is 0.359 e. The third-order valence-electron chi connectivity index (χ3n) is 3.84. The number of nitrogens with one attached hydrogen (secondary N) is 2. The monoisotopic (exact) mass is 308 g/mol. The minimum absolute atomic E-state index is 0.611. The van der Waals surface area contributed by atoms with Gasteiger partial charge < -0.3 is 15.2 Å². The first-order valence-electron chi connectivity index (χ1n) is 8.62. The van der Waals surface area contributed by atoms with E-state index in [0.717, 1.165) is 36.3 Å². The maximum atomic E-state index is 5.27. The summed E-state index contributed by atoms with van der Waals surface area (Å²) in [6, 6.07) is 1.99. The number of hydrogen-bond acceptors (Lipinski definition) is 3. The Balaban J connectivity index is 2.37. The van der Waals surface area contributed by atoms with E-state index in [0.29, 0.717) is 6.54 Å². The van der Waals surface area contributed by atoms with Crippen molar-refractivity contribution < 1.29 is 4.52 Å². The Labute approximate surface area is 135 Å². The first-order chi connectivity index (χ1) is 10.7. The SMILES string of the molecule is CCCCC(CCC)CNC(=NC)NCc1cc(CC)no1. The molecule has 1 aromatic rings. The number of unbranched alkanes of at least 4 members (excludes halogenated alkanes) is 1. The van der Waals surface area contributed by atoms with Crippen molar-refractivity contribution in [1.82, 2.24) is 15.8 Å². The van der Waals surface area contributed by atoms with E-state index in [1.165, 1.54) is 32.1 Å². The Bertz CT molecular complexity index is 428. The van der Waals surface area contributed by atoms with Gasteiger partial charge in [0.15, 0.2) is 11.7 Å². The maximum Gasteiger partial charge on any atom is 0.191 e. The lowest BCUT2D eigenvalue weighted by molar-refractivity contribution is 0.374. The Hall–Kier alpha value is -1.52. The van der Waals surface area contributed by atoms with Crippen LogP contribution >= 0.6 is 0 Å². The molecule has 0 spiro atoms. The van der Waals surface area contributed by atoms with Crippen LogP contribution < -0.4 is 10.6 Å². The Kier molecular flexibility index (Phi) is 9.35. The van der Waals surface area contributed by atoms with Crippen LogP contribution in [0.1, 0.15) is 64.3 Å². The molecule has 0 amide bonds. The molecule has 5 nitrogen and oxygen atoms in total. The van der Waals surface area contributed by atoms with Crippen LogP contribution in [0.2, 0.25) is 0 Å². The topological polar surface area (TPSA) is 62.5 Å². The highest BCUT2D eigenvalue weighted by atomic mass is 16.5. The van der Waals surface area contributed by atoms with Crippen molar-refractivity contribution in [1.29, 1.82) is 0 Å². The van der Waals surface area contributed by atoms with Gasteiger partial charge in [0, 0.05) is 19.7 Å². The minimum atomic E-state index is 0.611. The van der Waals surface area contributed by atoms with Gasteiger partial charge in [-0.3, -0.25) is 4.99 Å². The first-order valence-corrected chi connectivity index (χ1v) is 8.62. The van der Waals surface area contributed by atoms with Gasteiger partial charge in [-0.05, 0) is 25.2 Å². The van der Waals surface area contributed by atoms with Crippen LogP contribution in [0.25, 0.3) is 0 Å². The number of hydrogen-bond donors (Lipinski definition) is 2. The van der Waals surface area contributed by atoms with Crippen molar-refractivity contribution in [3.63, 3.8) is 0 Å². The molecule has 0 aliphatic rings. The predicted molar refractivity (Wildman–Crippen MR) is 92.0 cm³/mol. The summed E-state index contributed by atoms with van der Waals surface area (Å²) in [6.07, 6.45) is 7.25. The molecule has 0 aliphatic heterocycles. The molecule has 126 valence electrons. The number of aliphatic imine (C=N–C) groups is 1. The zero-order chi connectivity index (χ0) is 16.2. The van der Waals surface area contributed by atoms with Gasteiger partial charge >= 0.3 is 0 Å². The van der Waals surface area contributed by atoms with Crippen molar-refractivity contribution >= 4 is 5.96 Å². The molecule has 1 unspecified atom stereocenters. The average molecular weight is 308 g/mol. The molecular formula is C17H32N4O. The molecule has 1 heterocycles. The van der Waals surface area contributed by atoms with Gasteiger partial charge in [-0.25, -0.2) is 0 Å². The molecule has 0 radical (unpaired) electrons. The molecule has 5 heteroatoms. The summed E-state index contributed by atoms with van der Waals surface area (Å²) >= 11 is 0. The van der Waals surface area contributed by atoms with Gasteiger partial charge in [-0.1, -0.05) is 45.2 Å². The number of nitrogens with zero attached hydrogens (tertiary/aromatic N) is 2. The van der Waals surface area contributed by atoms with Crippen LogP contribution in [0.5, 0.6) is 0 Å². The summed E-state index contributed by atoms with van der Waals surface area (Å²) in [5.74, 6) is 2.39. The van der Waals surface area contributed by atoms with Gasteiger partial charge in [0.05, 0.1) is 12.2 Å². The summed E-state index contributed by atoms with van der Waals surface area (Å²) in [7, 11) is 1.80. The zero-order valence-electron chi connectivity index (χ0n) is 14.6. The third-order valence-corrected chi connectivity index (χ3v) is 3.84. The van der Waals surface area contributed by atoms with Crippen LogP contribution in [-0.4, -0.2) is 24.7 Å². The zero-order valence-corrected chi connectivity index (χ0v) is 14.6. The van der Waals surface area contributed by atoms with Crippen LogP contribution in [0, 0.1) is 5.92 Å². The minimum Gasteiger partial charge on any atom is -0.359 e. The van der Waals surface area contributed by atoms with Crippen LogP contribution in [0.15, 0.2) is 15.6 Å². The highest BCUT2D eigenvalue weighted by molar-refractivity contribution is 5.79. The summed E-state index contributed by atoms with van der Waals surface area (Å²) in [5, 5.41) is 10.7. The van der Waals surface area contributed by atoms with E-state index in [1.54, 1.807) is 7.05 Å². The van der Waals surface area contributed by atoms with Gasteiger partial charge in [0.1, 0.15) is 0 Å². The second-order valence-corrected chi connectivity index (χ2v) is 5.74. The number of aromatic nitrogens is 1. The Morgan fingerprint density at radius 2 is 2.05 bits per heavy atom. The average Bonchev–Trinajstić information content (AvgIpc) is 3.00. The van der Waals surface area contributed by atoms with Gasteiger partial charge in [-0.15, -0.1) is 0 Å². The molecule has 0 bridgehead atoms. The standard InChI is InChI=1S/C17H32N4O/c1-5-8-10-14(9-6-2)12-19-17(18-4)20-13-16-11-15(7-3)21-22-16/h11,14H,5-10,12-13H2,1-4H3,(H2,18,19,20). The third kappa shape index (κ3) is 6.96. The highest BCUT2D eigenvalue weighted by Crippen LogP contribution is 2.13. The summed E-state index contributed by atoms with van der Waals surface area (Å²) < 4.78 is 5.27. The molecule has 1 atom stereocenters. The number of aryl methyl sites for hydroxylation is 1. The fourth-order valence-corrected chi connectivity index (χ4v) is 2.49. The van der Waals surface area contributed by atoms with Crippen LogP contribution in [0.3, 0.4) is 0 Å². The van der Waals surface area contributed by atoms with E-state index in [-0.39, 0.29) is 0 Å². The fraction of sp³-hybridized carbons (Fsp3) is 0.765. The second kappa shape index (κ2) is 11.1. The van der Waals surface area contributed by atoms with Crippen LogP contribution in [0.4, 0.5) is 0 Å². The quantitative estimate of drug-likeness (QED) is 0.513. The Morgan fingerprint density at radius 3 is 2.64 bits per heavy atom. The first kappa shape index (κ1) is 18.5. The lowest BCUT2D eigenvalue weighted by Gasteiger charge is -2.18. The van der Waals surface area contributed by atoms with Crippen LogP contribution in [-0.2, 0) is 13.0 Å². The van der Waals surface area contributed by atoms with E-state index in [4.69, 9.17) is 4.52 Å². The Morgan fingerprint density at radius 1 is 1.23 bits per heavy atom. The molecule has 0 saturated heterocycles. The molecule has 0 saturated carbocycles. The van der Waals surface area contributed by atoms with E-state index < -0.39 is 0 Å². The highest BCUT2D eigenvalue weighted by Gasteiger charge is 2.09. The smallest absolute Gasteiger partial charge is 0.191 e. The van der Waals surface area contributed by atoms with Crippen molar-refractivity contribution in [2.45, 2.75) is 65.8 Å². The summed E-state index contributed by atoms with van der Waals surface area (Å²) in [5.41, 5.74) is 0.988. The van der Waals surface area contributed by atoms with Crippen molar-refractivity contribution in [2.24, 2.45) is 10.9 Å². The molecule has 2 N–H and O–H groups in total. The lowest BCUT2D eigenvalue weighted by atomic mass is 9.97. The second-order valence-electron chi connectivity index (χ2n) is 5.74. The van der Waals surface area contributed by atoms with E-state index in [1.807, 2.05) is 6.07 Å². The molecule has 1 aromatic heterocycles. The molecule has 0 aliphatic carbocycles. The van der Waals surface area contributed by atoms with E-state index >= 15 is 0 Å². The van der Waals surface area contributed by atoms with E-state index in [2.05, 4.69) is 41.6 Å². The van der Waals surface area contributed by atoms with E-state index in [9.17, 15) is 0 Å². The fourth-order valence-electron chi connectivity index (χ4n) is 2.49. The molecule has 22 heavy (non-hydrogen) atoms. The molecular weight excluding hydrogens is 276 g/mol. The number of guanidine groups is 1. The molecule has 0 aromatic carbocycles. The number of rotatable bonds is 10. The van der Waals surface area contributed by atoms with Gasteiger partial charge in [0.2, 0.25) is 0 Å². The summed E-state index contributed by atoms with van der Waals surface area (Å²) in [6.45, 7) is 8.16. The molecule has 0 fully saturated rings. The van der Waals surface area contributed by atoms with Crippen molar-refractivity contribution in [2.75, 3.05) is 13.6 Å². The predicted octanol–water partition coefficient (Wildman–Crippen LogP) is 3.51. The summed E-state index contributed by atoms with van der Waals surface area (Å²) in [4.78, 5) is 4.27. The normalized spacial score (nSPS) is 13.2. The lowest BCUT2D eigenvalue weighted by Crippen LogP contribution is -2.39. The maximum absolute atomic E-state index is 5.27. The van der Waals surface area contributed by atoms with Gasteiger partial charge in [0.25, 0.3) is 0 Å².